The molecule has 1 aliphatic rings. The van der Waals surface area contributed by atoms with Crippen molar-refractivity contribution in [2.45, 2.75) is 18.9 Å². The monoisotopic (exact) mass is 290 g/mol. The smallest absolute Gasteiger partial charge is 0.254 e. The summed E-state index contributed by atoms with van der Waals surface area (Å²) in [6.07, 6.45) is 4.05. The van der Waals surface area contributed by atoms with Gasteiger partial charge in [-0.3, -0.25) is 4.79 Å². The largest absolute Gasteiger partial charge is 0.361 e. The zero-order chi connectivity index (χ0) is 14.9. The second kappa shape index (κ2) is 5.34. The number of aromatic amines is 1. The number of H-pyrrole nitrogens is 1. The Bertz CT molecular complexity index is 806. The maximum atomic E-state index is 12.8. The van der Waals surface area contributed by atoms with Gasteiger partial charge in [0.2, 0.25) is 0 Å². The number of carbonyl (C=O) groups excluding carboxylic acids is 1. The van der Waals surface area contributed by atoms with Crippen LogP contribution in [0.2, 0.25) is 0 Å². The van der Waals surface area contributed by atoms with Crippen LogP contribution >= 0.6 is 0 Å². The van der Waals surface area contributed by atoms with Crippen LogP contribution in [0, 0.1) is 0 Å². The normalized spacial score (nSPS) is 18.0. The van der Waals surface area contributed by atoms with Gasteiger partial charge in [-0.15, -0.1) is 0 Å². The van der Waals surface area contributed by atoms with Crippen LogP contribution in [-0.4, -0.2) is 22.3 Å². The quantitative estimate of drug-likeness (QED) is 0.756. The molecule has 0 aliphatic carbocycles. The molecule has 1 N–H and O–H groups in total. The summed E-state index contributed by atoms with van der Waals surface area (Å²) in [4.78, 5) is 18.0. The molecule has 0 bridgehead atoms. The van der Waals surface area contributed by atoms with Crippen LogP contribution in [0.4, 0.5) is 0 Å². The molecule has 2 heterocycles. The summed E-state index contributed by atoms with van der Waals surface area (Å²) in [7, 11) is 0. The fourth-order valence-corrected chi connectivity index (χ4v) is 3.38. The molecule has 0 spiro atoms. The second-order valence-corrected chi connectivity index (χ2v) is 5.85. The Morgan fingerprint density at radius 2 is 1.95 bits per heavy atom. The first-order valence-electron chi connectivity index (χ1n) is 7.76. The Balaban J connectivity index is 1.67. The van der Waals surface area contributed by atoms with E-state index in [2.05, 4.69) is 29.2 Å². The molecule has 4 rings (SSSR count). The molecule has 2 aromatic carbocycles. The number of aromatic nitrogens is 1. The van der Waals surface area contributed by atoms with Crippen molar-refractivity contribution < 1.29 is 4.79 Å². The molecular formula is C19H18N2O. The van der Waals surface area contributed by atoms with E-state index >= 15 is 0 Å². The van der Waals surface area contributed by atoms with Gasteiger partial charge in [0.25, 0.3) is 5.91 Å². The van der Waals surface area contributed by atoms with Crippen molar-refractivity contribution in [2.75, 3.05) is 6.54 Å². The molecular weight excluding hydrogens is 272 g/mol. The molecule has 3 nitrogen and oxygen atoms in total. The second-order valence-electron chi connectivity index (χ2n) is 5.85. The zero-order valence-electron chi connectivity index (χ0n) is 12.3. The van der Waals surface area contributed by atoms with Gasteiger partial charge in [0.05, 0.1) is 6.04 Å². The number of nitrogens with zero attached hydrogens (tertiary/aromatic N) is 1. The molecule has 0 unspecified atom stereocenters. The maximum Gasteiger partial charge on any atom is 0.254 e. The minimum atomic E-state index is 0.136. The fraction of sp³-hybridized carbons (Fsp3) is 0.211. The van der Waals surface area contributed by atoms with Crippen LogP contribution < -0.4 is 0 Å². The number of nitrogens with one attached hydrogen (secondary N) is 1. The summed E-state index contributed by atoms with van der Waals surface area (Å²) >= 11 is 0. The SMILES string of the molecule is O=C(c1ccccc1)N1CCC[C@@H]1c1ccc2[nH]ccc2c1. The number of amides is 1. The average Bonchev–Trinajstić information content (AvgIpc) is 3.23. The number of hydrogen-bond donors (Lipinski definition) is 1. The molecule has 1 fully saturated rings. The van der Waals surface area contributed by atoms with Crippen molar-refractivity contribution in [1.29, 1.82) is 0 Å². The van der Waals surface area contributed by atoms with Gasteiger partial charge in [-0.1, -0.05) is 24.3 Å². The van der Waals surface area contributed by atoms with Gasteiger partial charge in [-0.25, -0.2) is 0 Å². The lowest BCUT2D eigenvalue weighted by molar-refractivity contribution is 0.0735. The number of likely N-dealkylation sites (tertiary alicyclic amines) is 1. The maximum absolute atomic E-state index is 12.8. The summed E-state index contributed by atoms with van der Waals surface area (Å²) in [6.45, 7) is 0.837. The number of carbonyl (C=O) groups is 1. The first kappa shape index (κ1) is 13.1. The molecule has 1 aliphatic heterocycles. The van der Waals surface area contributed by atoms with E-state index in [-0.39, 0.29) is 11.9 Å². The van der Waals surface area contributed by atoms with E-state index in [1.807, 2.05) is 41.4 Å². The predicted molar refractivity (Wildman–Crippen MR) is 87.8 cm³/mol. The van der Waals surface area contributed by atoms with Crippen LogP contribution in [0.3, 0.4) is 0 Å². The molecule has 0 radical (unpaired) electrons. The summed E-state index contributed by atoms with van der Waals surface area (Å²) in [5, 5.41) is 1.21. The van der Waals surface area contributed by atoms with Crippen LogP contribution in [0.25, 0.3) is 10.9 Å². The average molecular weight is 290 g/mol. The highest BCUT2D eigenvalue weighted by molar-refractivity contribution is 5.94. The number of fused-ring (bicyclic) bond motifs is 1. The standard InChI is InChI=1S/C19H18N2O/c22-19(14-5-2-1-3-6-14)21-12-4-7-18(21)16-8-9-17-15(13-16)10-11-20-17/h1-3,5-6,8-11,13,18,20H,4,7,12H2/t18-/m1/s1. The summed E-state index contributed by atoms with van der Waals surface area (Å²) in [5.41, 5.74) is 3.15. The minimum absolute atomic E-state index is 0.136. The zero-order valence-corrected chi connectivity index (χ0v) is 12.3. The Hall–Kier alpha value is -2.55. The van der Waals surface area contributed by atoms with E-state index in [0.29, 0.717) is 0 Å². The fourth-order valence-electron chi connectivity index (χ4n) is 3.38. The summed E-state index contributed by atoms with van der Waals surface area (Å²) in [6, 6.07) is 18.3. The molecule has 1 saturated heterocycles. The number of hydrogen-bond acceptors (Lipinski definition) is 1. The predicted octanol–water partition coefficient (Wildman–Crippen LogP) is 4.15. The van der Waals surface area contributed by atoms with Crippen LogP contribution in [-0.2, 0) is 0 Å². The van der Waals surface area contributed by atoms with Gasteiger partial charge in [0.1, 0.15) is 0 Å². The number of rotatable bonds is 2. The van der Waals surface area contributed by atoms with Gasteiger partial charge in [-0.05, 0) is 54.1 Å². The van der Waals surface area contributed by atoms with Crippen LogP contribution in [0.1, 0.15) is 34.8 Å². The molecule has 0 saturated carbocycles. The van der Waals surface area contributed by atoms with E-state index in [9.17, 15) is 4.79 Å². The van der Waals surface area contributed by atoms with E-state index < -0.39 is 0 Å². The Labute approximate surface area is 129 Å². The van der Waals surface area contributed by atoms with Crippen LogP contribution in [0.15, 0.2) is 60.8 Å². The molecule has 1 amide bonds. The number of benzene rings is 2. The Morgan fingerprint density at radius 1 is 1.09 bits per heavy atom. The van der Waals surface area contributed by atoms with Crippen molar-refractivity contribution in [1.82, 2.24) is 9.88 Å². The van der Waals surface area contributed by atoms with Crippen molar-refractivity contribution in [3.63, 3.8) is 0 Å². The molecule has 3 heteroatoms. The lowest BCUT2D eigenvalue weighted by Crippen LogP contribution is -2.30. The van der Waals surface area contributed by atoms with Gasteiger partial charge < -0.3 is 9.88 Å². The highest BCUT2D eigenvalue weighted by atomic mass is 16.2. The molecule has 110 valence electrons. The van der Waals surface area contributed by atoms with E-state index in [0.717, 1.165) is 30.5 Å². The van der Waals surface area contributed by atoms with E-state index in [1.54, 1.807) is 0 Å². The first-order valence-corrected chi connectivity index (χ1v) is 7.76. The molecule has 22 heavy (non-hydrogen) atoms. The third-order valence-corrected chi connectivity index (χ3v) is 4.50. The topological polar surface area (TPSA) is 36.1 Å². The van der Waals surface area contributed by atoms with Crippen molar-refractivity contribution in [2.24, 2.45) is 0 Å². The third-order valence-electron chi connectivity index (χ3n) is 4.50. The highest BCUT2D eigenvalue weighted by Crippen LogP contribution is 2.34. The Morgan fingerprint density at radius 3 is 2.82 bits per heavy atom. The first-order chi connectivity index (χ1) is 10.8. The Kier molecular flexibility index (Phi) is 3.19. The molecule has 3 aromatic rings. The molecule has 1 atom stereocenters. The highest BCUT2D eigenvalue weighted by Gasteiger charge is 2.30. The van der Waals surface area contributed by atoms with Crippen LogP contribution in [0.5, 0.6) is 0 Å². The lowest BCUT2D eigenvalue weighted by atomic mass is 10.0. The van der Waals surface area contributed by atoms with Crippen molar-refractivity contribution in [3.05, 3.63) is 71.9 Å². The van der Waals surface area contributed by atoms with E-state index in [4.69, 9.17) is 0 Å². The third kappa shape index (κ3) is 2.19. The lowest BCUT2D eigenvalue weighted by Gasteiger charge is -2.25. The van der Waals surface area contributed by atoms with Crippen molar-refractivity contribution in [3.8, 4) is 0 Å². The summed E-state index contributed by atoms with van der Waals surface area (Å²) < 4.78 is 0. The van der Waals surface area contributed by atoms with Gasteiger partial charge in [-0.2, -0.15) is 0 Å². The molecule has 1 aromatic heterocycles. The summed E-state index contributed by atoms with van der Waals surface area (Å²) in [5.74, 6) is 0.136. The van der Waals surface area contributed by atoms with Gasteiger partial charge >= 0.3 is 0 Å². The van der Waals surface area contributed by atoms with Gasteiger partial charge in [0.15, 0.2) is 0 Å². The van der Waals surface area contributed by atoms with E-state index in [1.165, 1.54) is 10.9 Å². The minimum Gasteiger partial charge on any atom is -0.361 e. The van der Waals surface area contributed by atoms with Gasteiger partial charge in [0, 0.05) is 23.8 Å². The van der Waals surface area contributed by atoms with Crippen molar-refractivity contribution >= 4 is 16.8 Å².